The average Bonchev–Trinajstić information content (AvgIpc) is 3.05. The number of aliphatic hydroxyl groups is 1. The van der Waals surface area contributed by atoms with Crippen LogP contribution in [0.1, 0.15) is 28.7 Å². The van der Waals surface area contributed by atoms with Gasteiger partial charge in [-0.15, -0.1) is 5.10 Å². The lowest BCUT2D eigenvalue weighted by Gasteiger charge is -2.13. The number of hydrogen-bond donors (Lipinski definition) is 1. The first-order chi connectivity index (χ1) is 10.1. The van der Waals surface area contributed by atoms with Gasteiger partial charge in [-0.3, -0.25) is 4.68 Å². The van der Waals surface area contributed by atoms with Crippen LogP contribution in [0.3, 0.4) is 0 Å². The molecule has 0 saturated heterocycles. The number of aromatic nitrogens is 5. The van der Waals surface area contributed by atoms with E-state index in [4.69, 9.17) is 0 Å². The number of rotatable bonds is 3. The summed E-state index contributed by atoms with van der Waals surface area (Å²) in [7, 11) is 1.87. The fourth-order valence-electron chi connectivity index (χ4n) is 2.53. The van der Waals surface area contributed by atoms with Crippen LogP contribution in [0.4, 0.5) is 0 Å². The molecular formula is C15H17N5O. The van der Waals surface area contributed by atoms with Gasteiger partial charge in [0, 0.05) is 18.3 Å². The first kappa shape index (κ1) is 13.5. The van der Waals surface area contributed by atoms with Gasteiger partial charge in [-0.25, -0.2) is 4.68 Å². The molecule has 108 valence electrons. The Labute approximate surface area is 122 Å². The molecule has 1 N–H and O–H groups in total. The van der Waals surface area contributed by atoms with E-state index in [0.29, 0.717) is 5.69 Å². The zero-order valence-corrected chi connectivity index (χ0v) is 12.2. The molecule has 1 aromatic carbocycles. The highest BCUT2D eigenvalue weighted by Gasteiger charge is 2.23. The van der Waals surface area contributed by atoms with Gasteiger partial charge in [0.2, 0.25) is 0 Å². The molecule has 1 unspecified atom stereocenters. The lowest BCUT2D eigenvalue weighted by atomic mass is 10.0. The minimum absolute atomic E-state index is 0.625. The van der Waals surface area contributed by atoms with Gasteiger partial charge in [-0.05, 0) is 26.0 Å². The highest BCUT2D eigenvalue weighted by molar-refractivity contribution is 5.37. The molecule has 0 aliphatic carbocycles. The predicted octanol–water partition coefficient (Wildman–Crippen LogP) is 1.70. The van der Waals surface area contributed by atoms with Gasteiger partial charge in [0.25, 0.3) is 0 Å². The second kappa shape index (κ2) is 5.14. The lowest BCUT2D eigenvalue weighted by molar-refractivity contribution is 0.210. The number of para-hydroxylation sites is 1. The fourth-order valence-corrected chi connectivity index (χ4v) is 2.53. The molecule has 0 amide bonds. The molecule has 3 rings (SSSR count). The van der Waals surface area contributed by atoms with Gasteiger partial charge < -0.3 is 5.11 Å². The number of benzene rings is 1. The second-order valence-corrected chi connectivity index (χ2v) is 5.02. The zero-order chi connectivity index (χ0) is 15.0. The Bertz CT molecular complexity index is 760. The van der Waals surface area contributed by atoms with E-state index in [2.05, 4.69) is 15.4 Å². The molecule has 21 heavy (non-hydrogen) atoms. The van der Waals surface area contributed by atoms with Crippen LogP contribution >= 0.6 is 0 Å². The Morgan fingerprint density at radius 1 is 1.14 bits per heavy atom. The molecular weight excluding hydrogens is 266 g/mol. The predicted molar refractivity (Wildman–Crippen MR) is 78.1 cm³/mol. The topological polar surface area (TPSA) is 68.8 Å². The standard InChI is InChI=1S/C15H17N5O/c1-10-14(11(2)19(3)17-10)15(21)13-9-16-18-20(13)12-7-5-4-6-8-12/h4-9,15,21H,1-3H3. The van der Waals surface area contributed by atoms with Crippen molar-refractivity contribution < 1.29 is 5.11 Å². The number of nitrogens with zero attached hydrogens (tertiary/aromatic N) is 5. The van der Waals surface area contributed by atoms with E-state index in [9.17, 15) is 5.11 Å². The largest absolute Gasteiger partial charge is 0.382 e. The molecule has 0 aliphatic rings. The summed E-state index contributed by atoms with van der Waals surface area (Å²) in [5.74, 6) is 0. The summed E-state index contributed by atoms with van der Waals surface area (Å²) in [6.07, 6.45) is 0.776. The van der Waals surface area contributed by atoms with Crippen molar-refractivity contribution in [3.63, 3.8) is 0 Å². The third-order valence-electron chi connectivity index (χ3n) is 3.69. The second-order valence-electron chi connectivity index (χ2n) is 5.02. The molecule has 2 aromatic heterocycles. The summed E-state index contributed by atoms with van der Waals surface area (Å²) < 4.78 is 3.42. The lowest BCUT2D eigenvalue weighted by Crippen LogP contribution is -2.10. The van der Waals surface area contributed by atoms with Crippen molar-refractivity contribution in [3.8, 4) is 5.69 Å². The minimum atomic E-state index is -0.811. The third-order valence-corrected chi connectivity index (χ3v) is 3.69. The highest BCUT2D eigenvalue weighted by Crippen LogP contribution is 2.27. The Balaban J connectivity index is 2.08. The summed E-state index contributed by atoms with van der Waals surface area (Å²) in [6.45, 7) is 3.83. The molecule has 0 spiro atoms. The molecule has 3 aromatic rings. The van der Waals surface area contributed by atoms with Crippen molar-refractivity contribution >= 4 is 0 Å². The molecule has 6 nitrogen and oxygen atoms in total. The van der Waals surface area contributed by atoms with Crippen LogP contribution in [0.5, 0.6) is 0 Å². The van der Waals surface area contributed by atoms with E-state index >= 15 is 0 Å². The molecule has 0 aliphatic heterocycles. The van der Waals surface area contributed by atoms with Gasteiger partial charge in [-0.1, -0.05) is 23.4 Å². The van der Waals surface area contributed by atoms with Crippen molar-refractivity contribution in [1.29, 1.82) is 0 Å². The van der Waals surface area contributed by atoms with Crippen LogP contribution in [0.15, 0.2) is 36.5 Å². The van der Waals surface area contributed by atoms with E-state index in [-0.39, 0.29) is 0 Å². The maximum Gasteiger partial charge on any atom is 0.126 e. The SMILES string of the molecule is Cc1nn(C)c(C)c1C(O)c1cnnn1-c1ccccc1. The summed E-state index contributed by atoms with van der Waals surface area (Å²) in [5.41, 5.74) is 4.03. The fraction of sp³-hybridized carbons (Fsp3) is 0.267. The molecule has 0 fully saturated rings. The van der Waals surface area contributed by atoms with Crippen molar-refractivity contribution in [2.45, 2.75) is 20.0 Å². The Hall–Kier alpha value is -2.47. The number of aliphatic hydroxyl groups excluding tert-OH is 1. The summed E-state index contributed by atoms with van der Waals surface area (Å²) in [4.78, 5) is 0. The van der Waals surface area contributed by atoms with Gasteiger partial charge in [-0.2, -0.15) is 5.10 Å². The van der Waals surface area contributed by atoms with E-state index in [1.165, 1.54) is 0 Å². The van der Waals surface area contributed by atoms with E-state index in [1.54, 1.807) is 15.6 Å². The van der Waals surface area contributed by atoms with Crippen LogP contribution in [-0.2, 0) is 7.05 Å². The monoisotopic (exact) mass is 283 g/mol. The molecule has 0 saturated carbocycles. The minimum Gasteiger partial charge on any atom is -0.382 e. The van der Waals surface area contributed by atoms with E-state index in [0.717, 1.165) is 22.6 Å². The smallest absolute Gasteiger partial charge is 0.126 e. The summed E-state index contributed by atoms with van der Waals surface area (Å²) in [6, 6.07) is 9.63. The number of aryl methyl sites for hydroxylation is 2. The first-order valence-electron chi connectivity index (χ1n) is 6.73. The van der Waals surface area contributed by atoms with Gasteiger partial charge in [0.05, 0.1) is 23.3 Å². The van der Waals surface area contributed by atoms with Gasteiger partial charge >= 0.3 is 0 Å². The maximum absolute atomic E-state index is 10.7. The van der Waals surface area contributed by atoms with Crippen molar-refractivity contribution in [1.82, 2.24) is 24.8 Å². The van der Waals surface area contributed by atoms with E-state index < -0.39 is 6.10 Å². The van der Waals surface area contributed by atoms with Crippen molar-refractivity contribution in [2.75, 3.05) is 0 Å². The highest BCUT2D eigenvalue weighted by atomic mass is 16.3. The van der Waals surface area contributed by atoms with E-state index in [1.807, 2.05) is 51.2 Å². The normalized spacial score (nSPS) is 12.6. The Kier molecular flexibility index (Phi) is 3.31. The molecule has 0 bridgehead atoms. The van der Waals surface area contributed by atoms with Gasteiger partial charge in [0.1, 0.15) is 6.10 Å². The third kappa shape index (κ3) is 2.23. The quantitative estimate of drug-likeness (QED) is 0.794. The molecule has 0 radical (unpaired) electrons. The Morgan fingerprint density at radius 3 is 2.48 bits per heavy atom. The van der Waals surface area contributed by atoms with Crippen molar-refractivity contribution in [3.05, 3.63) is 59.2 Å². The molecule has 6 heteroatoms. The average molecular weight is 283 g/mol. The van der Waals surface area contributed by atoms with Crippen LogP contribution in [0.2, 0.25) is 0 Å². The van der Waals surface area contributed by atoms with Crippen LogP contribution in [0, 0.1) is 13.8 Å². The van der Waals surface area contributed by atoms with Crippen molar-refractivity contribution in [2.24, 2.45) is 7.05 Å². The zero-order valence-electron chi connectivity index (χ0n) is 12.2. The van der Waals surface area contributed by atoms with Crippen LogP contribution in [-0.4, -0.2) is 29.9 Å². The number of hydrogen-bond acceptors (Lipinski definition) is 4. The first-order valence-corrected chi connectivity index (χ1v) is 6.73. The molecule has 1 atom stereocenters. The maximum atomic E-state index is 10.7. The summed E-state index contributed by atoms with van der Waals surface area (Å²) >= 11 is 0. The van der Waals surface area contributed by atoms with Crippen LogP contribution in [0.25, 0.3) is 5.69 Å². The van der Waals surface area contributed by atoms with Crippen LogP contribution < -0.4 is 0 Å². The Morgan fingerprint density at radius 2 is 1.86 bits per heavy atom. The summed E-state index contributed by atoms with van der Waals surface area (Å²) in [5, 5.41) is 23.1. The van der Waals surface area contributed by atoms with Gasteiger partial charge in [0.15, 0.2) is 0 Å². The molecule has 2 heterocycles.